The van der Waals surface area contributed by atoms with Crippen LogP contribution in [0.15, 0.2) is 22.7 Å². The fourth-order valence-electron chi connectivity index (χ4n) is 2.08. The molecule has 0 fully saturated rings. The van der Waals surface area contributed by atoms with Crippen molar-refractivity contribution in [3.05, 3.63) is 40.8 Å². The van der Waals surface area contributed by atoms with Crippen molar-refractivity contribution in [3.8, 4) is 11.5 Å². The number of carbonyl (C=O) groups excluding carboxylic acids is 2. The van der Waals surface area contributed by atoms with Gasteiger partial charge in [0, 0.05) is 0 Å². The molecular formula is C18H21NO6. The Labute approximate surface area is 145 Å². The Morgan fingerprint density at radius 2 is 1.96 bits per heavy atom. The van der Waals surface area contributed by atoms with Crippen LogP contribution in [-0.4, -0.2) is 30.1 Å². The highest BCUT2D eigenvalue weighted by molar-refractivity contribution is 5.92. The number of aryl methyl sites for hydroxylation is 2. The molecule has 0 amide bonds. The van der Waals surface area contributed by atoms with Crippen molar-refractivity contribution >= 4 is 11.8 Å². The zero-order chi connectivity index (χ0) is 18.6. The average molecular weight is 347 g/mol. The first-order chi connectivity index (χ1) is 11.8. The van der Waals surface area contributed by atoms with Gasteiger partial charge in [0.2, 0.25) is 0 Å². The van der Waals surface area contributed by atoms with Gasteiger partial charge in [0.1, 0.15) is 12.4 Å². The molecule has 0 bridgehead atoms. The first-order valence-corrected chi connectivity index (χ1v) is 7.77. The van der Waals surface area contributed by atoms with Crippen LogP contribution in [0.4, 0.5) is 0 Å². The number of Topliss-reactive ketones (excluding diaryl/α,β-unsaturated/α-hetero) is 1. The van der Waals surface area contributed by atoms with Gasteiger partial charge in [0.05, 0.1) is 23.9 Å². The van der Waals surface area contributed by atoms with Crippen molar-refractivity contribution in [2.75, 3.05) is 7.11 Å². The van der Waals surface area contributed by atoms with Crippen molar-refractivity contribution in [3.63, 3.8) is 0 Å². The predicted octanol–water partition coefficient (Wildman–Crippen LogP) is 3.01. The maximum absolute atomic E-state index is 12.1. The molecule has 1 aromatic carbocycles. The monoisotopic (exact) mass is 347 g/mol. The lowest BCUT2D eigenvalue weighted by Crippen LogP contribution is -2.21. The van der Waals surface area contributed by atoms with Gasteiger partial charge < -0.3 is 18.7 Å². The van der Waals surface area contributed by atoms with Crippen molar-refractivity contribution < 1.29 is 28.3 Å². The van der Waals surface area contributed by atoms with E-state index in [1.165, 1.54) is 27.0 Å². The highest BCUT2D eigenvalue weighted by Gasteiger charge is 2.18. The summed E-state index contributed by atoms with van der Waals surface area (Å²) < 4.78 is 21.2. The van der Waals surface area contributed by atoms with E-state index in [0.717, 1.165) is 11.3 Å². The third-order valence-corrected chi connectivity index (χ3v) is 3.81. The fraction of sp³-hybridized carbons (Fsp3) is 0.389. The van der Waals surface area contributed by atoms with Crippen LogP contribution in [-0.2, 0) is 16.1 Å². The highest BCUT2D eigenvalue weighted by Crippen LogP contribution is 2.30. The molecule has 0 aliphatic carbocycles. The largest absolute Gasteiger partial charge is 0.493 e. The third kappa shape index (κ3) is 4.37. The number of rotatable bonds is 7. The summed E-state index contributed by atoms with van der Waals surface area (Å²) in [7, 11) is 1.48. The van der Waals surface area contributed by atoms with Gasteiger partial charge in [-0.3, -0.25) is 4.79 Å². The Morgan fingerprint density at radius 1 is 1.24 bits per heavy atom. The van der Waals surface area contributed by atoms with Gasteiger partial charge in [0.25, 0.3) is 0 Å². The normalized spacial score (nSPS) is 11.7. The second kappa shape index (κ2) is 7.83. The van der Waals surface area contributed by atoms with Gasteiger partial charge in [-0.15, -0.1) is 0 Å². The van der Waals surface area contributed by atoms with E-state index < -0.39 is 12.1 Å². The summed E-state index contributed by atoms with van der Waals surface area (Å²) in [5.74, 6) is 0.725. The molecule has 1 unspecified atom stereocenters. The minimum atomic E-state index is -0.797. The van der Waals surface area contributed by atoms with Crippen LogP contribution in [0.25, 0.3) is 0 Å². The van der Waals surface area contributed by atoms with Crippen molar-refractivity contribution in [2.24, 2.45) is 0 Å². The van der Waals surface area contributed by atoms with Crippen LogP contribution in [0, 0.1) is 13.8 Å². The molecular weight excluding hydrogens is 326 g/mol. The lowest BCUT2D eigenvalue weighted by molar-refractivity contribution is -0.124. The molecule has 0 saturated carbocycles. The van der Waals surface area contributed by atoms with Crippen LogP contribution >= 0.6 is 0 Å². The molecule has 134 valence electrons. The molecule has 0 spiro atoms. The number of benzene rings is 1. The SMILES string of the molecule is COc1cc(C(=O)OC(C)C(C)=O)ccc1OCc1c(C)noc1C. The smallest absolute Gasteiger partial charge is 0.338 e. The minimum absolute atomic E-state index is 0.222. The maximum Gasteiger partial charge on any atom is 0.338 e. The number of hydrogen-bond acceptors (Lipinski definition) is 7. The Balaban J connectivity index is 2.13. The number of ketones is 1. The second-order valence-corrected chi connectivity index (χ2v) is 5.62. The number of aromatic nitrogens is 1. The molecule has 0 radical (unpaired) electrons. The molecule has 0 aliphatic heterocycles. The number of methoxy groups -OCH3 is 1. The number of ether oxygens (including phenoxy) is 3. The summed E-state index contributed by atoms with van der Waals surface area (Å²) in [5.41, 5.74) is 1.89. The second-order valence-electron chi connectivity index (χ2n) is 5.62. The van der Waals surface area contributed by atoms with E-state index in [4.69, 9.17) is 18.7 Å². The number of nitrogens with zero attached hydrogens (tertiary/aromatic N) is 1. The lowest BCUT2D eigenvalue weighted by atomic mass is 10.2. The minimum Gasteiger partial charge on any atom is -0.493 e. The number of hydrogen-bond donors (Lipinski definition) is 0. The molecule has 7 heteroatoms. The quantitative estimate of drug-likeness (QED) is 0.711. The van der Waals surface area contributed by atoms with Crippen LogP contribution in [0.3, 0.4) is 0 Å². The van der Waals surface area contributed by atoms with E-state index >= 15 is 0 Å². The van der Waals surface area contributed by atoms with Gasteiger partial charge in [-0.1, -0.05) is 5.16 Å². The molecule has 1 atom stereocenters. The first-order valence-electron chi connectivity index (χ1n) is 7.77. The topological polar surface area (TPSA) is 87.9 Å². The van der Waals surface area contributed by atoms with E-state index in [1.807, 2.05) is 13.8 Å². The molecule has 0 saturated heterocycles. The van der Waals surface area contributed by atoms with Crippen molar-refractivity contribution in [1.29, 1.82) is 0 Å². The number of carbonyl (C=O) groups is 2. The third-order valence-electron chi connectivity index (χ3n) is 3.81. The summed E-state index contributed by atoms with van der Waals surface area (Å²) in [6, 6.07) is 4.68. The lowest BCUT2D eigenvalue weighted by Gasteiger charge is -2.13. The maximum atomic E-state index is 12.1. The molecule has 2 rings (SSSR count). The van der Waals surface area contributed by atoms with Crippen LogP contribution in [0.5, 0.6) is 11.5 Å². The van der Waals surface area contributed by atoms with Crippen LogP contribution in [0.1, 0.15) is 41.2 Å². The molecule has 1 heterocycles. The molecule has 7 nitrogen and oxygen atoms in total. The summed E-state index contributed by atoms with van der Waals surface area (Å²) in [6.07, 6.45) is -0.797. The van der Waals surface area contributed by atoms with E-state index in [9.17, 15) is 9.59 Å². The molecule has 0 N–H and O–H groups in total. The Morgan fingerprint density at radius 3 is 2.52 bits per heavy atom. The van der Waals surface area contributed by atoms with E-state index in [0.29, 0.717) is 17.3 Å². The van der Waals surface area contributed by atoms with Gasteiger partial charge >= 0.3 is 5.97 Å². The first kappa shape index (κ1) is 18.5. The van der Waals surface area contributed by atoms with E-state index in [2.05, 4.69) is 5.16 Å². The molecule has 1 aromatic heterocycles. The van der Waals surface area contributed by atoms with Gasteiger partial charge in [-0.25, -0.2) is 4.79 Å². The number of esters is 1. The van der Waals surface area contributed by atoms with Gasteiger partial charge in [-0.2, -0.15) is 0 Å². The van der Waals surface area contributed by atoms with Crippen LogP contribution < -0.4 is 9.47 Å². The van der Waals surface area contributed by atoms with E-state index in [1.54, 1.807) is 12.1 Å². The Kier molecular flexibility index (Phi) is 5.80. The standard InChI is InChI=1S/C18H21NO6/c1-10-15(13(4)25-19-10)9-23-16-7-6-14(8-17(16)22-5)18(21)24-12(3)11(2)20/h6-8,12H,9H2,1-5H3. The molecule has 25 heavy (non-hydrogen) atoms. The van der Waals surface area contributed by atoms with Crippen molar-refractivity contribution in [2.45, 2.75) is 40.4 Å². The average Bonchev–Trinajstić information content (AvgIpc) is 2.90. The summed E-state index contributed by atoms with van der Waals surface area (Å²) in [5, 5.41) is 3.88. The zero-order valence-electron chi connectivity index (χ0n) is 14.9. The van der Waals surface area contributed by atoms with E-state index in [-0.39, 0.29) is 18.0 Å². The fourth-order valence-corrected chi connectivity index (χ4v) is 2.08. The highest BCUT2D eigenvalue weighted by atomic mass is 16.5. The predicted molar refractivity (Wildman–Crippen MR) is 88.9 cm³/mol. The summed E-state index contributed by atoms with van der Waals surface area (Å²) >= 11 is 0. The van der Waals surface area contributed by atoms with Crippen molar-refractivity contribution in [1.82, 2.24) is 5.16 Å². The molecule has 0 aliphatic rings. The summed E-state index contributed by atoms with van der Waals surface area (Å²) in [4.78, 5) is 23.3. The Bertz CT molecular complexity index is 760. The molecule has 2 aromatic rings. The van der Waals surface area contributed by atoms with Gasteiger partial charge in [0.15, 0.2) is 23.4 Å². The summed E-state index contributed by atoms with van der Waals surface area (Å²) in [6.45, 7) is 6.80. The Hall–Kier alpha value is -2.83. The zero-order valence-corrected chi connectivity index (χ0v) is 14.9. The van der Waals surface area contributed by atoms with Gasteiger partial charge in [-0.05, 0) is 45.9 Å². The van der Waals surface area contributed by atoms with Crippen LogP contribution in [0.2, 0.25) is 0 Å².